The molecule has 2 N–H and O–H groups in total. The van der Waals surface area contributed by atoms with Crippen LogP contribution in [0.2, 0.25) is 0 Å². The molecule has 1 saturated heterocycles. The molecule has 6 nitrogen and oxygen atoms in total. The van der Waals surface area contributed by atoms with Crippen LogP contribution in [0.4, 0.5) is 0 Å². The van der Waals surface area contributed by atoms with E-state index < -0.39 is 30.7 Å². The van der Waals surface area contributed by atoms with E-state index in [9.17, 15) is 10.2 Å². The molecule has 0 bridgehead atoms. The zero-order valence-electron chi connectivity index (χ0n) is 18.4. The van der Waals surface area contributed by atoms with E-state index in [1.807, 2.05) is 91.0 Å². The van der Waals surface area contributed by atoms with Gasteiger partial charge in [-0.15, -0.1) is 0 Å². The van der Waals surface area contributed by atoms with E-state index in [1.165, 1.54) is 0 Å². The van der Waals surface area contributed by atoms with Crippen molar-refractivity contribution in [3.63, 3.8) is 0 Å². The molecule has 1 fully saturated rings. The van der Waals surface area contributed by atoms with Gasteiger partial charge in [0.2, 0.25) is 0 Å². The third kappa shape index (κ3) is 6.71. The van der Waals surface area contributed by atoms with Gasteiger partial charge in [-0.25, -0.2) is 0 Å². The highest BCUT2D eigenvalue weighted by Crippen LogP contribution is 2.27. The molecule has 1 unspecified atom stereocenters. The zero-order chi connectivity index (χ0) is 22.9. The van der Waals surface area contributed by atoms with Gasteiger partial charge in [0.05, 0.1) is 26.4 Å². The van der Waals surface area contributed by atoms with Crippen molar-refractivity contribution in [1.29, 1.82) is 0 Å². The predicted molar refractivity (Wildman–Crippen MR) is 123 cm³/mol. The summed E-state index contributed by atoms with van der Waals surface area (Å²) in [5, 5.41) is 21.1. The molecule has 174 valence electrons. The molecular formula is C27H30O6. The fourth-order valence-electron chi connectivity index (χ4n) is 3.84. The van der Waals surface area contributed by atoms with Crippen molar-refractivity contribution >= 4 is 0 Å². The van der Waals surface area contributed by atoms with Crippen LogP contribution in [-0.4, -0.2) is 47.5 Å². The lowest BCUT2D eigenvalue weighted by Crippen LogP contribution is -2.60. The number of hydrogen-bond acceptors (Lipinski definition) is 6. The fourth-order valence-corrected chi connectivity index (χ4v) is 3.84. The third-order valence-electron chi connectivity index (χ3n) is 5.60. The second-order valence-corrected chi connectivity index (χ2v) is 8.08. The summed E-state index contributed by atoms with van der Waals surface area (Å²) in [5.41, 5.74) is 2.99. The summed E-state index contributed by atoms with van der Waals surface area (Å²) in [6, 6.07) is 29.3. The highest BCUT2D eigenvalue weighted by molar-refractivity contribution is 5.15. The minimum atomic E-state index is -1.40. The van der Waals surface area contributed by atoms with E-state index in [-0.39, 0.29) is 13.2 Å². The molecule has 3 aromatic rings. The number of rotatable bonds is 10. The van der Waals surface area contributed by atoms with Gasteiger partial charge in [-0.1, -0.05) is 91.0 Å². The molecular weight excluding hydrogens is 420 g/mol. The Kier molecular flexibility index (Phi) is 8.60. The van der Waals surface area contributed by atoms with E-state index in [4.69, 9.17) is 18.9 Å². The average Bonchev–Trinajstić information content (AvgIpc) is 2.86. The Balaban J connectivity index is 1.46. The summed E-state index contributed by atoms with van der Waals surface area (Å²) in [6.07, 6.45) is -4.68. The highest BCUT2D eigenvalue weighted by atomic mass is 16.7. The molecule has 0 amide bonds. The van der Waals surface area contributed by atoms with Crippen molar-refractivity contribution in [2.24, 2.45) is 0 Å². The third-order valence-corrected chi connectivity index (χ3v) is 5.60. The molecule has 4 rings (SSSR count). The van der Waals surface area contributed by atoms with Crippen molar-refractivity contribution in [2.75, 3.05) is 6.61 Å². The largest absolute Gasteiger partial charge is 0.385 e. The number of hydrogen-bond donors (Lipinski definition) is 2. The van der Waals surface area contributed by atoms with E-state index in [0.717, 1.165) is 16.7 Å². The van der Waals surface area contributed by atoms with Crippen LogP contribution >= 0.6 is 0 Å². The van der Waals surface area contributed by atoms with Crippen molar-refractivity contribution in [3.05, 3.63) is 108 Å². The first-order valence-corrected chi connectivity index (χ1v) is 11.1. The molecule has 0 aromatic heterocycles. The van der Waals surface area contributed by atoms with Crippen molar-refractivity contribution < 1.29 is 29.2 Å². The Morgan fingerprint density at radius 3 is 1.58 bits per heavy atom. The second kappa shape index (κ2) is 12.0. The Labute approximate surface area is 194 Å². The van der Waals surface area contributed by atoms with Crippen molar-refractivity contribution in [1.82, 2.24) is 0 Å². The lowest BCUT2D eigenvalue weighted by molar-refractivity contribution is -0.307. The Morgan fingerprint density at radius 2 is 1.06 bits per heavy atom. The van der Waals surface area contributed by atoms with E-state index in [1.54, 1.807) is 0 Å². The summed E-state index contributed by atoms with van der Waals surface area (Å²) >= 11 is 0. The maximum absolute atomic E-state index is 10.7. The van der Waals surface area contributed by atoms with E-state index in [2.05, 4.69) is 0 Å². The molecule has 0 spiro atoms. The maximum Gasteiger partial charge on any atom is 0.184 e. The van der Waals surface area contributed by atoms with E-state index in [0.29, 0.717) is 13.2 Å². The minimum Gasteiger partial charge on any atom is -0.385 e. The lowest BCUT2D eigenvalue weighted by atomic mass is 9.98. The quantitative estimate of drug-likeness (QED) is 0.493. The first-order chi connectivity index (χ1) is 16.2. The van der Waals surface area contributed by atoms with Gasteiger partial charge in [-0.3, -0.25) is 0 Å². The standard InChI is InChI=1S/C27H30O6/c28-24-26(32-18-22-14-8-3-9-15-22)25(31-17-21-12-6-2-7-13-21)23(33-27(24)29)19-30-16-20-10-4-1-5-11-20/h1-15,23-29H,16-19H2/t23-,24+,25-,26-,27?/m0/s1. The van der Waals surface area contributed by atoms with Crippen LogP contribution < -0.4 is 0 Å². The Hall–Kier alpha value is -2.58. The molecule has 1 aliphatic rings. The van der Waals surface area contributed by atoms with Gasteiger partial charge in [-0.2, -0.15) is 0 Å². The normalized spacial score (nSPS) is 25.1. The smallest absolute Gasteiger partial charge is 0.184 e. The maximum atomic E-state index is 10.7. The molecule has 1 heterocycles. The second-order valence-electron chi connectivity index (χ2n) is 8.08. The molecule has 0 radical (unpaired) electrons. The predicted octanol–water partition coefficient (Wildman–Crippen LogP) is 3.45. The topological polar surface area (TPSA) is 77.4 Å². The fraction of sp³-hybridized carbons (Fsp3) is 0.333. The molecule has 5 atom stereocenters. The van der Waals surface area contributed by atoms with Gasteiger partial charge in [0.1, 0.15) is 24.4 Å². The van der Waals surface area contributed by atoms with Crippen LogP contribution in [0.25, 0.3) is 0 Å². The molecule has 33 heavy (non-hydrogen) atoms. The van der Waals surface area contributed by atoms with Crippen LogP contribution in [0.5, 0.6) is 0 Å². The van der Waals surface area contributed by atoms with Gasteiger partial charge in [0, 0.05) is 0 Å². The van der Waals surface area contributed by atoms with Gasteiger partial charge in [0.25, 0.3) is 0 Å². The van der Waals surface area contributed by atoms with Crippen LogP contribution in [-0.2, 0) is 38.8 Å². The summed E-state index contributed by atoms with van der Waals surface area (Å²) < 4.78 is 23.9. The van der Waals surface area contributed by atoms with Crippen molar-refractivity contribution in [2.45, 2.75) is 50.5 Å². The Morgan fingerprint density at radius 1 is 0.606 bits per heavy atom. The average molecular weight is 451 g/mol. The van der Waals surface area contributed by atoms with Gasteiger partial charge in [0.15, 0.2) is 6.29 Å². The first-order valence-electron chi connectivity index (χ1n) is 11.1. The van der Waals surface area contributed by atoms with Crippen LogP contribution in [0.3, 0.4) is 0 Å². The van der Waals surface area contributed by atoms with E-state index >= 15 is 0 Å². The molecule has 3 aromatic carbocycles. The molecule has 0 aliphatic carbocycles. The summed E-state index contributed by atoms with van der Waals surface area (Å²) in [7, 11) is 0. The number of ether oxygens (including phenoxy) is 4. The van der Waals surface area contributed by atoms with Gasteiger partial charge < -0.3 is 29.2 Å². The molecule has 0 saturated carbocycles. The summed E-state index contributed by atoms with van der Waals surface area (Å²) in [5.74, 6) is 0. The number of aliphatic hydroxyl groups excluding tert-OH is 2. The Bertz CT molecular complexity index is 937. The van der Waals surface area contributed by atoms with Crippen LogP contribution in [0.15, 0.2) is 91.0 Å². The van der Waals surface area contributed by atoms with Crippen molar-refractivity contribution in [3.8, 4) is 0 Å². The number of benzene rings is 3. The first kappa shape index (κ1) is 23.6. The van der Waals surface area contributed by atoms with Crippen LogP contribution in [0.1, 0.15) is 16.7 Å². The molecule has 1 aliphatic heterocycles. The van der Waals surface area contributed by atoms with Gasteiger partial charge >= 0.3 is 0 Å². The monoisotopic (exact) mass is 450 g/mol. The summed E-state index contributed by atoms with van der Waals surface area (Å²) in [6.45, 7) is 1.18. The highest BCUT2D eigenvalue weighted by Gasteiger charge is 2.46. The van der Waals surface area contributed by atoms with Gasteiger partial charge in [-0.05, 0) is 16.7 Å². The zero-order valence-corrected chi connectivity index (χ0v) is 18.4. The number of aliphatic hydroxyl groups is 2. The SMILES string of the molecule is OC1O[C@@H](COCc2ccccc2)[C@H](OCc2ccccc2)[C@@H](OCc2ccccc2)[C@H]1O. The van der Waals surface area contributed by atoms with Crippen LogP contribution in [0, 0.1) is 0 Å². The lowest BCUT2D eigenvalue weighted by Gasteiger charge is -2.42. The molecule has 6 heteroatoms. The minimum absolute atomic E-state index is 0.184. The summed E-state index contributed by atoms with van der Waals surface area (Å²) in [4.78, 5) is 0.